The van der Waals surface area contributed by atoms with Crippen LogP contribution in [-0.2, 0) is 4.79 Å². The van der Waals surface area contributed by atoms with Crippen molar-refractivity contribution in [2.45, 2.75) is 12.5 Å². The lowest BCUT2D eigenvalue weighted by Crippen LogP contribution is -2.44. The number of carbonyl (C=O) groups excluding carboxylic acids is 2. The standard InChI is InChI=1S/C18H16ClF2N3O4S/c1-29-7-6-15(18(26)22-14-5-3-11(20)9-13(14)21)23-17(25)10-2-4-12(19)16(8-10)24(27)28/h2-5,8-9,15H,6-7H2,1H3,(H,22,26)(H,23,25)/t15-/m0/s1. The lowest BCUT2D eigenvalue weighted by atomic mass is 10.1. The maximum Gasteiger partial charge on any atom is 0.288 e. The molecule has 2 aromatic rings. The molecular weight excluding hydrogens is 428 g/mol. The third-order valence-electron chi connectivity index (χ3n) is 3.83. The van der Waals surface area contributed by atoms with Crippen molar-refractivity contribution in [1.82, 2.24) is 5.32 Å². The van der Waals surface area contributed by atoms with Crippen LogP contribution in [0.1, 0.15) is 16.8 Å². The van der Waals surface area contributed by atoms with E-state index in [2.05, 4.69) is 10.6 Å². The van der Waals surface area contributed by atoms with Gasteiger partial charge < -0.3 is 10.6 Å². The Morgan fingerprint density at radius 1 is 1.24 bits per heavy atom. The van der Waals surface area contributed by atoms with Crippen molar-refractivity contribution in [2.75, 3.05) is 17.3 Å². The third kappa shape index (κ3) is 6.13. The van der Waals surface area contributed by atoms with Crippen LogP contribution in [0, 0.1) is 21.7 Å². The summed E-state index contributed by atoms with van der Waals surface area (Å²) in [7, 11) is 0. The van der Waals surface area contributed by atoms with Crippen molar-refractivity contribution in [3.63, 3.8) is 0 Å². The van der Waals surface area contributed by atoms with Gasteiger partial charge in [-0.1, -0.05) is 11.6 Å². The van der Waals surface area contributed by atoms with E-state index in [1.54, 1.807) is 6.26 Å². The van der Waals surface area contributed by atoms with Gasteiger partial charge in [0.15, 0.2) is 0 Å². The Hall–Kier alpha value is -2.72. The Morgan fingerprint density at radius 3 is 2.59 bits per heavy atom. The van der Waals surface area contributed by atoms with E-state index in [1.807, 2.05) is 0 Å². The van der Waals surface area contributed by atoms with E-state index in [9.17, 15) is 28.5 Å². The van der Waals surface area contributed by atoms with E-state index in [0.29, 0.717) is 11.8 Å². The smallest absolute Gasteiger partial charge is 0.288 e. The largest absolute Gasteiger partial charge is 0.340 e. The predicted molar refractivity (Wildman–Crippen MR) is 107 cm³/mol. The minimum Gasteiger partial charge on any atom is -0.340 e. The molecular formula is C18H16ClF2N3O4S. The third-order valence-corrected chi connectivity index (χ3v) is 4.79. The van der Waals surface area contributed by atoms with Gasteiger partial charge in [0.2, 0.25) is 5.91 Å². The molecule has 0 radical (unpaired) electrons. The summed E-state index contributed by atoms with van der Waals surface area (Å²) in [6.07, 6.45) is 2.02. The molecule has 0 aliphatic rings. The number of rotatable bonds is 8. The van der Waals surface area contributed by atoms with Gasteiger partial charge in [-0.3, -0.25) is 19.7 Å². The van der Waals surface area contributed by atoms with Crippen LogP contribution in [0.25, 0.3) is 0 Å². The molecule has 0 aliphatic carbocycles. The molecule has 2 N–H and O–H groups in total. The highest BCUT2D eigenvalue weighted by Gasteiger charge is 2.24. The second-order valence-corrected chi connectivity index (χ2v) is 7.24. The summed E-state index contributed by atoms with van der Waals surface area (Å²) in [4.78, 5) is 35.3. The molecule has 7 nitrogen and oxygen atoms in total. The molecule has 29 heavy (non-hydrogen) atoms. The van der Waals surface area contributed by atoms with Crippen molar-refractivity contribution in [1.29, 1.82) is 0 Å². The van der Waals surface area contributed by atoms with E-state index >= 15 is 0 Å². The zero-order valence-corrected chi connectivity index (χ0v) is 16.7. The summed E-state index contributed by atoms with van der Waals surface area (Å²) >= 11 is 7.16. The molecule has 2 aromatic carbocycles. The van der Waals surface area contributed by atoms with Crippen LogP contribution in [0.4, 0.5) is 20.2 Å². The molecule has 0 bridgehead atoms. The Bertz CT molecular complexity index is 945. The number of benzene rings is 2. The van der Waals surface area contributed by atoms with Gasteiger partial charge in [-0.15, -0.1) is 0 Å². The number of nitro benzene ring substituents is 1. The molecule has 0 heterocycles. The Morgan fingerprint density at radius 2 is 1.97 bits per heavy atom. The topological polar surface area (TPSA) is 101 Å². The van der Waals surface area contributed by atoms with Gasteiger partial charge in [-0.05, 0) is 42.7 Å². The first-order valence-corrected chi connectivity index (χ1v) is 9.99. The fourth-order valence-corrected chi connectivity index (χ4v) is 3.01. The number of nitrogens with zero attached hydrogens (tertiary/aromatic N) is 1. The number of anilines is 1. The van der Waals surface area contributed by atoms with E-state index in [0.717, 1.165) is 18.2 Å². The van der Waals surface area contributed by atoms with Crippen molar-refractivity contribution in [3.8, 4) is 0 Å². The van der Waals surface area contributed by atoms with Crippen LogP contribution in [0.5, 0.6) is 0 Å². The molecule has 0 aliphatic heterocycles. The first kappa shape index (κ1) is 22.6. The number of hydrogen-bond donors (Lipinski definition) is 2. The Labute approximate surface area is 174 Å². The molecule has 0 spiro atoms. The molecule has 0 saturated heterocycles. The minimum atomic E-state index is -1.05. The summed E-state index contributed by atoms with van der Waals surface area (Å²) in [6.45, 7) is 0. The summed E-state index contributed by atoms with van der Waals surface area (Å²) in [5, 5.41) is 15.6. The maximum absolute atomic E-state index is 13.8. The second kappa shape index (κ2) is 10.2. The van der Waals surface area contributed by atoms with Crippen LogP contribution in [0.15, 0.2) is 36.4 Å². The predicted octanol–water partition coefficient (Wildman–Crippen LogP) is 4.02. The Kier molecular flexibility index (Phi) is 7.91. The number of amides is 2. The van der Waals surface area contributed by atoms with Gasteiger partial charge in [0.1, 0.15) is 22.7 Å². The molecule has 0 aromatic heterocycles. The lowest BCUT2D eigenvalue weighted by molar-refractivity contribution is -0.384. The van der Waals surface area contributed by atoms with Gasteiger partial charge in [0, 0.05) is 17.7 Å². The van der Waals surface area contributed by atoms with E-state index in [1.165, 1.54) is 23.9 Å². The number of carbonyl (C=O) groups is 2. The van der Waals surface area contributed by atoms with Crippen molar-refractivity contribution < 1.29 is 23.3 Å². The van der Waals surface area contributed by atoms with Crippen LogP contribution in [0.3, 0.4) is 0 Å². The SMILES string of the molecule is CSCC[C@H](NC(=O)c1ccc(Cl)c([N+](=O)[O-])c1)C(=O)Nc1ccc(F)cc1F. The Balaban J connectivity index is 2.19. The van der Waals surface area contributed by atoms with Crippen LogP contribution in [-0.4, -0.2) is 34.8 Å². The van der Waals surface area contributed by atoms with Crippen molar-refractivity contribution in [3.05, 3.63) is 68.7 Å². The fraction of sp³-hybridized carbons (Fsp3) is 0.222. The molecule has 1 atom stereocenters. The average Bonchev–Trinajstić information content (AvgIpc) is 2.67. The summed E-state index contributed by atoms with van der Waals surface area (Å²) in [5.74, 6) is -2.68. The van der Waals surface area contributed by atoms with E-state index in [4.69, 9.17) is 11.6 Å². The number of halogens is 3. The van der Waals surface area contributed by atoms with Gasteiger partial charge in [0.05, 0.1) is 10.6 Å². The first-order chi connectivity index (χ1) is 13.7. The van der Waals surface area contributed by atoms with Gasteiger partial charge in [-0.25, -0.2) is 8.78 Å². The van der Waals surface area contributed by atoms with Crippen LogP contribution >= 0.6 is 23.4 Å². The monoisotopic (exact) mass is 443 g/mol. The highest BCUT2D eigenvalue weighted by atomic mass is 35.5. The maximum atomic E-state index is 13.8. The molecule has 2 rings (SSSR count). The summed E-state index contributed by atoms with van der Waals surface area (Å²) < 4.78 is 26.8. The van der Waals surface area contributed by atoms with Gasteiger partial charge in [0.25, 0.3) is 11.6 Å². The molecule has 154 valence electrons. The lowest BCUT2D eigenvalue weighted by Gasteiger charge is -2.18. The molecule has 0 fully saturated rings. The first-order valence-electron chi connectivity index (χ1n) is 8.22. The fourth-order valence-electron chi connectivity index (χ4n) is 2.35. The summed E-state index contributed by atoms with van der Waals surface area (Å²) in [6, 6.07) is 5.13. The zero-order chi connectivity index (χ0) is 21.6. The molecule has 0 unspecified atom stereocenters. The van der Waals surface area contributed by atoms with E-state index in [-0.39, 0.29) is 22.7 Å². The average molecular weight is 444 g/mol. The molecule has 11 heteroatoms. The highest BCUT2D eigenvalue weighted by molar-refractivity contribution is 7.98. The van der Waals surface area contributed by atoms with E-state index < -0.39 is 40.1 Å². The normalized spacial score (nSPS) is 11.6. The van der Waals surface area contributed by atoms with Crippen LogP contribution in [0.2, 0.25) is 5.02 Å². The summed E-state index contributed by atoms with van der Waals surface area (Å²) in [5.41, 5.74) is -0.740. The highest BCUT2D eigenvalue weighted by Crippen LogP contribution is 2.25. The van der Waals surface area contributed by atoms with Crippen molar-refractivity contribution in [2.24, 2.45) is 0 Å². The molecule has 2 amide bonds. The second-order valence-electron chi connectivity index (χ2n) is 5.84. The van der Waals surface area contributed by atoms with Gasteiger partial charge >= 0.3 is 0 Å². The minimum absolute atomic E-state index is 0.0592. The van der Waals surface area contributed by atoms with Crippen LogP contribution < -0.4 is 10.6 Å². The van der Waals surface area contributed by atoms with Gasteiger partial charge in [-0.2, -0.15) is 11.8 Å². The number of nitrogens with one attached hydrogen (secondary N) is 2. The van der Waals surface area contributed by atoms with Crippen molar-refractivity contribution >= 4 is 46.6 Å². The quantitative estimate of drug-likeness (QED) is 0.474. The number of thioether (sulfide) groups is 1. The number of nitro groups is 1. The molecule has 0 saturated carbocycles. The zero-order valence-electron chi connectivity index (χ0n) is 15.1. The number of hydrogen-bond acceptors (Lipinski definition) is 5.